The molecular formula is C14H17BrN2O2. The number of amides is 1. The molecule has 2 N–H and O–H groups in total. The van der Waals surface area contributed by atoms with E-state index in [-0.39, 0.29) is 11.9 Å². The number of carbonyl (C=O) groups excluding carboxylic acids is 1. The molecule has 0 spiro atoms. The quantitative estimate of drug-likeness (QED) is 0.855. The lowest BCUT2D eigenvalue weighted by atomic mass is 9.72. The van der Waals surface area contributed by atoms with Gasteiger partial charge in [0.15, 0.2) is 0 Å². The number of ether oxygens (including phenoxy) is 1. The Labute approximate surface area is 121 Å². The summed E-state index contributed by atoms with van der Waals surface area (Å²) >= 11 is 3.51. The van der Waals surface area contributed by atoms with E-state index in [1.165, 1.54) is 11.3 Å². The Balaban J connectivity index is 2.12. The highest BCUT2D eigenvalue weighted by Crippen LogP contribution is 2.43. The standard InChI is InChI=1S/C14H17BrN2O2/c1-14(13(16)18)7-9-2-3-10(15)6-11(9)17-4-5-19-8-12(14)17/h2-3,6,12H,4-5,7-8H2,1H3,(H2,16,18). The van der Waals surface area contributed by atoms with Gasteiger partial charge in [-0.3, -0.25) is 4.79 Å². The van der Waals surface area contributed by atoms with Crippen LogP contribution >= 0.6 is 15.9 Å². The van der Waals surface area contributed by atoms with Gasteiger partial charge >= 0.3 is 0 Å². The molecule has 2 heterocycles. The number of anilines is 1. The van der Waals surface area contributed by atoms with Crippen molar-refractivity contribution in [2.24, 2.45) is 11.1 Å². The summed E-state index contributed by atoms with van der Waals surface area (Å²) in [6.45, 7) is 4.01. The summed E-state index contributed by atoms with van der Waals surface area (Å²) in [5.74, 6) is -0.249. The van der Waals surface area contributed by atoms with Crippen molar-refractivity contribution in [3.05, 3.63) is 28.2 Å². The summed E-state index contributed by atoms with van der Waals surface area (Å²) in [5.41, 5.74) is 7.48. The fourth-order valence-electron chi connectivity index (χ4n) is 3.14. The van der Waals surface area contributed by atoms with E-state index in [1.54, 1.807) is 0 Å². The monoisotopic (exact) mass is 324 g/mol. The average Bonchev–Trinajstić information content (AvgIpc) is 2.40. The van der Waals surface area contributed by atoms with Crippen molar-refractivity contribution >= 4 is 27.5 Å². The van der Waals surface area contributed by atoms with E-state index in [4.69, 9.17) is 10.5 Å². The van der Waals surface area contributed by atoms with Gasteiger partial charge in [0.05, 0.1) is 24.7 Å². The summed E-state index contributed by atoms with van der Waals surface area (Å²) in [6, 6.07) is 6.24. The summed E-state index contributed by atoms with van der Waals surface area (Å²) in [7, 11) is 0. The van der Waals surface area contributed by atoms with Crippen molar-refractivity contribution in [3.8, 4) is 0 Å². The van der Waals surface area contributed by atoms with Crippen molar-refractivity contribution < 1.29 is 9.53 Å². The first-order chi connectivity index (χ1) is 9.02. The summed E-state index contributed by atoms with van der Waals surface area (Å²) < 4.78 is 6.62. The molecule has 0 aromatic heterocycles. The van der Waals surface area contributed by atoms with Crippen LogP contribution in [0.15, 0.2) is 22.7 Å². The molecule has 0 bridgehead atoms. The van der Waals surface area contributed by atoms with Crippen LogP contribution < -0.4 is 10.6 Å². The first-order valence-corrected chi connectivity index (χ1v) is 7.24. The lowest BCUT2D eigenvalue weighted by Crippen LogP contribution is -2.61. The van der Waals surface area contributed by atoms with Gasteiger partial charge in [-0.05, 0) is 31.0 Å². The van der Waals surface area contributed by atoms with Crippen LogP contribution in [0.5, 0.6) is 0 Å². The normalized spacial score (nSPS) is 29.6. The van der Waals surface area contributed by atoms with Gasteiger partial charge in [0.1, 0.15) is 0 Å². The molecule has 2 aliphatic heterocycles. The molecule has 4 nitrogen and oxygen atoms in total. The van der Waals surface area contributed by atoms with Crippen LogP contribution in [-0.4, -0.2) is 31.7 Å². The highest BCUT2D eigenvalue weighted by atomic mass is 79.9. The first kappa shape index (κ1) is 12.9. The Bertz CT molecular complexity index is 534. The number of morpholine rings is 1. The number of nitrogens with zero attached hydrogens (tertiary/aromatic N) is 1. The van der Waals surface area contributed by atoms with Crippen molar-refractivity contribution in [2.75, 3.05) is 24.7 Å². The number of hydrogen-bond donors (Lipinski definition) is 1. The van der Waals surface area contributed by atoms with Gasteiger partial charge < -0.3 is 15.4 Å². The SMILES string of the molecule is CC1(C(N)=O)Cc2ccc(Br)cc2N2CCOCC21. The summed E-state index contributed by atoms with van der Waals surface area (Å²) in [6.07, 6.45) is 0.676. The number of rotatable bonds is 1. The molecule has 5 heteroatoms. The van der Waals surface area contributed by atoms with Gasteiger partial charge in [-0.15, -0.1) is 0 Å². The second-order valence-corrected chi connectivity index (χ2v) is 6.43. The smallest absolute Gasteiger partial charge is 0.225 e. The lowest BCUT2D eigenvalue weighted by molar-refractivity contribution is -0.130. The molecule has 3 rings (SSSR count). The summed E-state index contributed by atoms with van der Waals surface area (Å²) in [4.78, 5) is 14.2. The maximum absolute atomic E-state index is 11.9. The first-order valence-electron chi connectivity index (χ1n) is 6.45. The van der Waals surface area contributed by atoms with Gasteiger partial charge in [0, 0.05) is 16.7 Å². The molecule has 1 aromatic carbocycles. The molecule has 1 fully saturated rings. The second-order valence-electron chi connectivity index (χ2n) is 5.52. The van der Waals surface area contributed by atoms with Gasteiger partial charge in [-0.25, -0.2) is 0 Å². The number of fused-ring (bicyclic) bond motifs is 3. The molecule has 2 aliphatic rings. The molecule has 1 aromatic rings. The van der Waals surface area contributed by atoms with Crippen molar-refractivity contribution in [2.45, 2.75) is 19.4 Å². The van der Waals surface area contributed by atoms with E-state index in [1.807, 2.05) is 13.0 Å². The van der Waals surface area contributed by atoms with E-state index in [0.29, 0.717) is 19.6 Å². The van der Waals surface area contributed by atoms with Gasteiger partial charge in [-0.1, -0.05) is 22.0 Å². The number of hydrogen-bond acceptors (Lipinski definition) is 3. The third-order valence-corrected chi connectivity index (χ3v) is 4.83. The number of carbonyl (C=O) groups is 1. The van der Waals surface area contributed by atoms with Crippen LogP contribution in [0.2, 0.25) is 0 Å². The zero-order chi connectivity index (χ0) is 13.6. The predicted molar refractivity (Wildman–Crippen MR) is 77.1 cm³/mol. The number of benzene rings is 1. The van der Waals surface area contributed by atoms with Crippen LogP contribution in [0.4, 0.5) is 5.69 Å². The van der Waals surface area contributed by atoms with Crippen molar-refractivity contribution in [1.29, 1.82) is 0 Å². The molecular weight excluding hydrogens is 308 g/mol. The predicted octanol–water partition coefficient (Wildman–Crippen LogP) is 1.70. The minimum atomic E-state index is -0.568. The van der Waals surface area contributed by atoms with Gasteiger partial charge in [-0.2, -0.15) is 0 Å². The third-order valence-electron chi connectivity index (χ3n) is 4.34. The minimum absolute atomic E-state index is 0.0283. The van der Waals surface area contributed by atoms with E-state index < -0.39 is 5.41 Å². The summed E-state index contributed by atoms with van der Waals surface area (Å²) in [5, 5.41) is 0. The Morgan fingerprint density at radius 1 is 1.58 bits per heavy atom. The van der Waals surface area contributed by atoms with Crippen LogP contribution in [0.3, 0.4) is 0 Å². The Morgan fingerprint density at radius 3 is 3.11 bits per heavy atom. The molecule has 102 valence electrons. The van der Waals surface area contributed by atoms with E-state index in [0.717, 1.165) is 11.0 Å². The Kier molecular flexibility index (Phi) is 3.06. The highest BCUT2D eigenvalue weighted by molar-refractivity contribution is 9.10. The van der Waals surface area contributed by atoms with Gasteiger partial charge in [0.25, 0.3) is 0 Å². The zero-order valence-corrected chi connectivity index (χ0v) is 12.4. The topological polar surface area (TPSA) is 55.6 Å². The maximum atomic E-state index is 11.9. The Morgan fingerprint density at radius 2 is 2.37 bits per heavy atom. The van der Waals surface area contributed by atoms with Crippen LogP contribution in [0, 0.1) is 5.41 Å². The van der Waals surface area contributed by atoms with Crippen LogP contribution in [0.1, 0.15) is 12.5 Å². The minimum Gasteiger partial charge on any atom is -0.377 e. The van der Waals surface area contributed by atoms with E-state index >= 15 is 0 Å². The number of nitrogens with two attached hydrogens (primary N) is 1. The third kappa shape index (κ3) is 1.96. The van der Waals surface area contributed by atoms with Crippen molar-refractivity contribution in [3.63, 3.8) is 0 Å². The van der Waals surface area contributed by atoms with Gasteiger partial charge in [0.2, 0.25) is 5.91 Å². The molecule has 2 unspecified atom stereocenters. The number of halogens is 1. The number of primary amides is 1. The van der Waals surface area contributed by atoms with Crippen LogP contribution in [0.25, 0.3) is 0 Å². The molecule has 0 radical (unpaired) electrons. The van der Waals surface area contributed by atoms with Crippen LogP contribution in [-0.2, 0) is 16.0 Å². The van der Waals surface area contributed by atoms with E-state index in [2.05, 4.69) is 33.0 Å². The average molecular weight is 325 g/mol. The molecule has 1 amide bonds. The maximum Gasteiger partial charge on any atom is 0.225 e. The molecule has 19 heavy (non-hydrogen) atoms. The zero-order valence-electron chi connectivity index (χ0n) is 10.9. The Hall–Kier alpha value is -1.07. The molecule has 0 aliphatic carbocycles. The fourth-order valence-corrected chi connectivity index (χ4v) is 3.49. The largest absolute Gasteiger partial charge is 0.377 e. The fraction of sp³-hybridized carbons (Fsp3) is 0.500. The molecule has 0 saturated carbocycles. The molecule has 2 atom stereocenters. The molecule has 1 saturated heterocycles. The lowest BCUT2D eigenvalue weighted by Gasteiger charge is -2.50. The second kappa shape index (κ2) is 4.49. The van der Waals surface area contributed by atoms with E-state index in [9.17, 15) is 4.79 Å². The highest BCUT2D eigenvalue weighted by Gasteiger charge is 2.48. The van der Waals surface area contributed by atoms with Crippen molar-refractivity contribution in [1.82, 2.24) is 0 Å².